The van der Waals surface area contributed by atoms with E-state index >= 15 is 0 Å². The van der Waals surface area contributed by atoms with Crippen LogP contribution in [0.5, 0.6) is 0 Å². The van der Waals surface area contributed by atoms with Crippen molar-refractivity contribution in [2.45, 2.75) is 6.04 Å². The molecule has 2 aliphatic rings. The molecule has 0 N–H and O–H groups in total. The molecule has 2 saturated heterocycles. The third kappa shape index (κ3) is 3.98. The Bertz CT molecular complexity index is 1070. The Balaban J connectivity index is 1.12. The number of carbonyl (C=O) groups is 2. The molecule has 4 heterocycles. The van der Waals surface area contributed by atoms with E-state index in [0.29, 0.717) is 43.0 Å². The monoisotopic (exact) mass is 440 g/mol. The molecule has 9 heteroatoms. The van der Waals surface area contributed by atoms with Crippen molar-refractivity contribution < 1.29 is 18.4 Å². The lowest BCUT2D eigenvalue weighted by Crippen LogP contribution is -2.64. The highest BCUT2D eigenvalue weighted by atomic mass is 32.1. The molecular formula is C22H21FN4O3S. The van der Waals surface area contributed by atoms with E-state index in [9.17, 15) is 14.0 Å². The molecule has 2 fully saturated rings. The normalized spacial score (nSPS) is 17.6. The molecule has 160 valence electrons. The third-order valence-electron chi connectivity index (χ3n) is 5.83. The SMILES string of the molecule is O=C(c1ccc(-c2ccc(F)cc2)o1)N1CC(N2CCN(C(=O)c3nccs3)CC2)C1. The van der Waals surface area contributed by atoms with Crippen molar-refractivity contribution in [2.75, 3.05) is 39.3 Å². The molecule has 3 aromatic rings. The quantitative estimate of drug-likeness (QED) is 0.624. The van der Waals surface area contributed by atoms with Crippen LogP contribution < -0.4 is 0 Å². The molecule has 2 aromatic heterocycles. The van der Waals surface area contributed by atoms with Crippen LogP contribution in [-0.4, -0.2) is 76.8 Å². The van der Waals surface area contributed by atoms with E-state index in [4.69, 9.17) is 4.42 Å². The number of hydrogen-bond acceptors (Lipinski definition) is 6. The summed E-state index contributed by atoms with van der Waals surface area (Å²) in [6.45, 7) is 4.21. The number of carbonyl (C=O) groups excluding carboxylic acids is 2. The van der Waals surface area contributed by atoms with Crippen molar-refractivity contribution >= 4 is 23.2 Å². The lowest BCUT2D eigenvalue weighted by molar-refractivity contribution is 0.00702. The summed E-state index contributed by atoms with van der Waals surface area (Å²) < 4.78 is 18.8. The molecule has 0 radical (unpaired) electrons. The van der Waals surface area contributed by atoms with Gasteiger partial charge in [-0.3, -0.25) is 14.5 Å². The molecule has 2 aliphatic heterocycles. The van der Waals surface area contributed by atoms with Crippen molar-refractivity contribution in [2.24, 2.45) is 0 Å². The lowest BCUT2D eigenvalue weighted by Gasteiger charge is -2.47. The highest BCUT2D eigenvalue weighted by Crippen LogP contribution is 2.25. The first kappa shape index (κ1) is 19.9. The molecule has 0 spiro atoms. The van der Waals surface area contributed by atoms with Crippen molar-refractivity contribution in [1.82, 2.24) is 19.7 Å². The second-order valence-corrected chi connectivity index (χ2v) is 8.59. The first-order valence-corrected chi connectivity index (χ1v) is 11.0. The maximum atomic E-state index is 13.1. The first-order chi connectivity index (χ1) is 15.1. The molecule has 1 aromatic carbocycles. The summed E-state index contributed by atoms with van der Waals surface area (Å²) >= 11 is 1.36. The molecule has 0 saturated carbocycles. The van der Waals surface area contributed by atoms with E-state index in [2.05, 4.69) is 9.88 Å². The van der Waals surface area contributed by atoms with Gasteiger partial charge in [-0.2, -0.15) is 0 Å². The van der Waals surface area contributed by atoms with Crippen LogP contribution in [0.25, 0.3) is 11.3 Å². The molecular weight excluding hydrogens is 419 g/mol. The molecule has 7 nitrogen and oxygen atoms in total. The van der Waals surface area contributed by atoms with Crippen LogP contribution in [0.2, 0.25) is 0 Å². The van der Waals surface area contributed by atoms with E-state index in [1.54, 1.807) is 35.4 Å². The zero-order chi connectivity index (χ0) is 21.4. The topological polar surface area (TPSA) is 69.9 Å². The average molecular weight is 441 g/mol. The highest BCUT2D eigenvalue weighted by molar-refractivity contribution is 7.11. The van der Waals surface area contributed by atoms with Crippen molar-refractivity contribution in [3.05, 3.63) is 64.6 Å². The fraction of sp³-hybridized carbons (Fsp3) is 0.318. The van der Waals surface area contributed by atoms with E-state index in [1.807, 2.05) is 10.3 Å². The smallest absolute Gasteiger partial charge is 0.289 e. The van der Waals surface area contributed by atoms with Gasteiger partial charge in [-0.1, -0.05) is 0 Å². The first-order valence-electron chi connectivity index (χ1n) is 10.2. The van der Waals surface area contributed by atoms with Crippen molar-refractivity contribution in [1.29, 1.82) is 0 Å². The van der Waals surface area contributed by atoms with Gasteiger partial charge in [0.05, 0.1) is 0 Å². The number of halogens is 1. The summed E-state index contributed by atoms with van der Waals surface area (Å²) in [6.07, 6.45) is 1.65. The number of piperazine rings is 1. The van der Waals surface area contributed by atoms with Gasteiger partial charge in [0.15, 0.2) is 10.8 Å². The van der Waals surface area contributed by atoms with E-state index in [1.165, 1.54) is 23.5 Å². The van der Waals surface area contributed by atoms with Crippen LogP contribution >= 0.6 is 11.3 Å². The fourth-order valence-corrected chi connectivity index (χ4v) is 4.59. The number of benzene rings is 1. The number of likely N-dealkylation sites (tertiary alicyclic amines) is 1. The standard InChI is InChI=1S/C22H21FN4O3S/c23-16-3-1-15(2-4-16)18-5-6-19(30-18)21(28)27-13-17(14-27)25-8-10-26(11-9-25)22(29)20-24-7-12-31-20/h1-7,12,17H,8-11,13-14H2. The second-order valence-electron chi connectivity index (χ2n) is 7.70. The maximum absolute atomic E-state index is 13.1. The van der Waals surface area contributed by atoms with Gasteiger partial charge in [-0.05, 0) is 36.4 Å². The van der Waals surface area contributed by atoms with Gasteiger partial charge < -0.3 is 14.2 Å². The Hall–Kier alpha value is -3.04. The van der Waals surface area contributed by atoms with Crippen LogP contribution in [0.15, 0.2) is 52.4 Å². The predicted molar refractivity (Wildman–Crippen MR) is 113 cm³/mol. The van der Waals surface area contributed by atoms with Crippen LogP contribution in [0, 0.1) is 5.82 Å². The summed E-state index contributed by atoms with van der Waals surface area (Å²) in [6, 6.07) is 9.68. The van der Waals surface area contributed by atoms with Crippen molar-refractivity contribution in [3.63, 3.8) is 0 Å². The van der Waals surface area contributed by atoms with Crippen LogP contribution in [0.4, 0.5) is 4.39 Å². The highest BCUT2D eigenvalue weighted by Gasteiger charge is 2.38. The van der Waals surface area contributed by atoms with Gasteiger partial charge >= 0.3 is 0 Å². The number of nitrogens with zero attached hydrogens (tertiary/aromatic N) is 4. The number of furan rings is 1. The predicted octanol–water partition coefficient (Wildman–Crippen LogP) is 2.82. The minimum Gasteiger partial charge on any atom is -0.451 e. The zero-order valence-electron chi connectivity index (χ0n) is 16.7. The van der Waals surface area contributed by atoms with Crippen LogP contribution in [0.1, 0.15) is 20.4 Å². The van der Waals surface area contributed by atoms with Gasteiger partial charge in [0.25, 0.3) is 11.8 Å². The molecule has 0 aliphatic carbocycles. The molecule has 0 unspecified atom stereocenters. The lowest BCUT2D eigenvalue weighted by atomic mass is 10.1. The molecule has 0 atom stereocenters. The summed E-state index contributed by atoms with van der Waals surface area (Å²) in [5, 5.41) is 2.35. The van der Waals surface area contributed by atoms with Gasteiger partial charge in [-0.25, -0.2) is 9.37 Å². The molecule has 31 heavy (non-hydrogen) atoms. The summed E-state index contributed by atoms with van der Waals surface area (Å²) in [5.41, 5.74) is 0.729. The van der Waals surface area contributed by atoms with Crippen LogP contribution in [-0.2, 0) is 0 Å². The second kappa shape index (κ2) is 8.24. The molecule has 0 bridgehead atoms. The Kier molecular flexibility index (Phi) is 5.29. The van der Waals surface area contributed by atoms with Gasteiger partial charge in [0, 0.05) is 62.5 Å². The number of hydrogen-bond donors (Lipinski definition) is 0. The van der Waals surface area contributed by atoms with Crippen molar-refractivity contribution in [3.8, 4) is 11.3 Å². The Morgan fingerprint density at radius 3 is 2.39 bits per heavy atom. The summed E-state index contributed by atoms with van der Waals surface area (Å²) in [5.74, 6) is 0.377. The fourth-order valence-electron chi connectivity index (χ4n) is 3.98. The number of thiazole rings is 1. The Morgan fingerprint density at radius 2 is 1.71 bits per heavy atom. The van der Waals surface area contributed by atoms with E-state index in [-0.39, 0.29) is 23.4 Å². The number of rotatable bonds is 4. The molecule has 2 amide bonds. The zero-order valence-corrected chi connectivity index (χ0v) is 17.6. The number of aromatic nitrogens is 1. The largest absolute Gasteiger partial charge is 0.451 e. The number of amides is 2. The van der Waals surface area contributed by atoms with Gasteiger partial charge in [0.1, 0.15) is 11.6 Å². The summed E-state index contributed by atoms with van der Waals surface area (Å²) in [7, 11) is 0. The minimum atomic E-state index is -0.313. The third-order valence-corrected chi connectivity index (χ3v) is 6.59. The molecule has 5 rings (SSSR count). The van der Waals surface area contributed by atoms with Gasteiger partial charge in [-0.15, -0.1) is 11.3 Å². The van der Waals surface area contributed by atoms with E-state index < -0.39 is 0 Å². The van der Waals surface area contributed by atoms with Crippen LogP contribution in [0.3, 0.4) is 0 Å². The van der Waals surface area contributed by atoms with Gasteiger partial charge in [0.2, 0.25) is 0 Å². The summed E-state index contributed by atoms with van der Waals surface area (Å²) in [4.78, 5) is 35.2. The minimum absolute atomic E-state index is 0.00478. The van der Waals surface area contributed by atoms with E-state index in [0.717, 1.165) is 18.7 Å². The average Bonchev–Trinajstić information content (AvgIpc) is 3.46. The Labute approximate surface area is 182 Å². The Morgan fingerprint density at radius 1 is 0.968 bits per heavy atom. The maximum Gasteiger partial charge on any atom is 0.289 e.